The predicted octanol–water partition coefficient (Wildman–Crippen LogP) is 2.74. The molecular formula is C13H12N4OS. The first-order valence-electron chi connectivity index (χ1n) is 5.83. The van der Waals surface area contributed by atoms with Crippen LogP contribution in [0.25, 0.3) is 10.2 Å². The number of thiazole rings is 1. The van der Waals surface area contributed by atoms with Gasteiger partial charge in [0.1, 0.15) is 0 Å². The van der Waals surface area contributed by atoms with E-state index < -0.39 is 0 Å². The monoisotopic (exact) mass is 272 g/mol. The molecule has 0 saturated heterocycles. The van der Waals surface area contributed by atoms with Crippen LogP contribution >= 0.6 is 11.3 Å². The summed E-state index contributed by atoms with van der Waals surface area (Å²) in [6.45, 7) is 3.57. The first-order valence-corrected chi connectivity index (χ1v) is 6.65. The number of benzene rings is 1. The van der Waals surface area contributed by atoms with Crippen molar-refractivity contribution in [2.45, 2.75) is 13.8 Å². The van der Waals surface area contributed by atoms with Crippen LogP contribution in [0, 0.1) is 13.8 Å². The summed E-state index contributed by atoms with van der Waals surface area (Å²) in [6.07, 6.45) is 0. The van der Waals surface area contributed by atoms with Crippen molar-refractivity contribution in [1.82, 2.24) is 15.0 Å². The lowest BCUT2D eigenvalue weighted by Gasteiger charge is -2.03. The molecule has 2 N–H and O–H groups in total. The van der Waals surface area contributed by atoms with Crippen LogP contribution in [0.1, 0.15) is 11.3 Å². The summed E-state index contributed by atoms with van der Waals surface area (Å²) < 4.78 is 1.09. The van der Waals surface area contributed by atoms with Crippen molar-refractivity contribution in [3.8, 4) is 0 Å². The molecule has 0 bridgehead atoms. The minimum atomic E-state index is -0.129. The van der Waals surface area contributed by atoms with Crippen molar-refractivity contribution in [1.29, 1.82) is 0 Å². The summed E-state index contributed by atoms with van der Waals surface area (Å²) in [5.41, 5.74) is 2.15. The van der Waals surface area contributed by atoms with Crippen LogP contribution in [0.2, 0.25) is 0 Å². The number of para-hydroxylation sites is 1. The largest absolute Gasteiger partial charge is 0.302 e. The third kappa shape index (κ3) is 2.22. The Labute approximate surface area is 113 Å². The Morgan fingerprint density at radius 1 is 1.21 bits per heavy atom. The van der Waals surface area contributed by atoms with Crippen molar-refractivity contribution < 1.29 is 0 Å². The lowest BCUT2D eigenvalue weighted by atomic mass is 10.3. The molecule has 3 rings (SSSR count). The van der Waals surface area contributed by atoms with Crippen LogP contribution in [0.4, 0.5) is 11.1 Å². The van der Waals surface area contributed by atoms with Gasteiger partial charge >= 0.3 is 0 Å². The molecule has 2 heterocycles. The quantitative estimate of drug-likeness (QED) is 0.752. The van der Waals surface area contributed by atoms with Gasteiger partial charge in [-0.1, -0.05) is 23.5 Å². The van der Waals surface area contributed by atoms with Gasteiger partial charge in [0.2, 0.25) is 5.95 Å². The van der Waals surface area contributed by atoms with Crippen LogP contribution in [0.15, 0.2) is 29.1 Å². The first-order chi connectivity index (χ1) is 9.13. The molecule has 6 heteroatoms. The summed E-state index contributed by atoms with van der Waals surface area (Å²) in [6, 6.07) is 7.88. The molecule has 0 atom stereocenters. The van der Waals surface area contributed by atoms with E-state index in [9.17, 15) is 4.79 Å². The zero-order chi connectivity index (χ0) is 13.4. The Hall–Kier alpha value is -2.21. The fraction of sp³-hybridized carbons (Fsp3) is 0.154. The number of nitrogens with zero attached hydrogens (tertiary/aromatic N) is 2. The third-order valence-corrected chi connectivity index (χ3v) is 3.87. The van der Waals surface area contributed by atoms with E-state index in [0.717, 1.165) is 10.2 Å². The summed E-state index contributed by atoms with van der Waals surface area (Å²) in [4.78, 5) is 23.1. The van der Waals surface area contributed by atoms with Crippen molar-refractivity contribution in [2.24, 2.45) is 0 Å². The Balaban J connectivity index is 1.99. The van der Waals surface area contributed by atoms with Gasteiger partial charge in [-0.15, -0.1) is 0 Å². The number of aromatic nitrogens is 3. The van der Waals surface area contributed by atoms with E-state index in [0.29, 0.717) is 22.3 Å². The van der Waals surface area contributed by atoms with E-state index in [1.807, 2.05) is 31.2 Å². The average molecular weight is 272 g/mol. The van der Waals surface area contributed by atoms with Gasteiger partial charge in [-0.25, -0.2) is 9.97 Å². The zero-order valence-electron chi connectivity index (χ0n) is 10.5. The highest BCUT2D eigenvalue weighted by molar-refractivity contribution is 7.22. The second kappa shape index (κ2) is 4.47. The molecule has 5 nitrogen and oxygen atoms in total. The van der Waals surface area contributed by atoms with Crippen LogP contribution in [-0.2, 0) is 0 Å². The fourth-order valence-corrected chi connectivity index (χ4v) is 2.60. The minimum absolute atomic E-state index is 0.129. The Morgan fingerprint density at radius 2 is 2.00 bits per heavy atom. The molecule has 2 aromatic heterocycles. The van der Waals surface area contributed by atoms with Gasteiger partial charge in [-0.3, -0.25) is 9.78 Å². The van der Waals surface area contributed by atoms with Crippen molar-refractivity contribution in [3.63, 3.8) is 0 Å². The highest BCUT2D eigenvalue weighted by Crippen LogP contribution is 2.26. The second-order valence-electron chi connectivity index (χ2n) is 4.24. The van der Waals surface area contributed by atoms with Gasteiger partial charge in [-0.05, 0) is 26.0 Å². The van der Waals surface area contributed by atoms with Gasteiger partial charge < -0.3 is 5.32 Å². The molecule has 0 spiro atoms. The number of rotatable bonds is 2. The molecule has 0 radical (unpaired) electrons. The second-order valence-corrected chi connectivity index (χ2v) is 5.27. The van der Waals surface area contributed by atoms with Gasteiger partial charge in [0, 0.05) is 11.3 Å². The minimum Gasteiger partial charge on any atom is -0.302 e. The predicted molar refractivity (Wildman–Crippen MR) is 77.2 cm³/mol. The van der Waals surface area contributed by atoms with E-state index in [1.165, 1.54) is 11.3 Å². The van der Waals surface area contributed by atoms with Crippen LogP contribution in [0.5, 0.6) is 0 Å². The molecule has 3 aromatic rings. The van der Waals surface area contributed by atoms with Crippen LogP contribution in [-0.4, -0.2) is 15.0 Å². The normalized spacial score (nSPS) is 10.8. The number of hydrogen-bond donors (Lipinski definition) is 2. The van der Waals surface area contributed by atoms with E-state index >= 15 is 0 Å². The Bertz CT molecular complexity index is 773. The fourth-order valence-electron chi connectivity index (χ4n) is 1.73. The molecule has 19 heavy (non-hydrogen) atoms. The molecule has 0 saturated carbocycles. The summed E-state index contributed by atoms with van der Waals surface area (Å²) in [5.74, 6) is 0.423. The number of fused-ring (bicyclic) bond motifs is 1. The van der Waals surface area contributed by atoms with Gasteiger partial charge in [-0.2, -0.15) is 0 Å². The van der Waals surface area contributed by atoms with Crippen LogP contribution in [0.3, 0.4) is 0 Å². The summed E-state index contributed by atoms with van der Waals surface area (Å²) >= 11 is 1.52. The van der Waals surface area contributed by atoms with Gasteiger partial charge in [0.15, 0.2) is 5.13 Å². The zero-order valence-corrected chi connectivity index (χ0v) is 11.3. The molecule has 0 amide bonds. The number of aryl methyl sites for hydroxylation is 1. The van der Waals surface area contributed by atoms with Crippen molar-refractivity contribution in [2.75, 3.05) is 5.32 Å². The molecule has 0 aliphatic carbocycles. The van der Waals surface area contributed by atoms with Gasteiger partial charge in [0.25, 0.3) is 5.56 Å². The van der Waals surface area contributed by atoms with E-state index in [4.69, 9.17) is 0 Å². The highest BCUT2D eigenvalue weighted by Gasteiger charge is 2.07. The van der Waals surface area contributed by atoms with Crippen molar-refractivity contribution >= 4 is 32.6 Å². The number of H-pyrrole nitrogens is 1. The Morgan fingerprint density at radius 3 is 2.74 bits per heavy atom. The number of hydrogen-bond acceptors (Lipinski definition) is 5. The maximum absolute atomic E-state index is 11.7. The number of aromatic amines is 1. The molecule has 96 valence electrons. The average Bonchev–Trinajstić information content (AvgIpc) is 2.78. The highest BCUT2D eigenvalue weighted by atomic mass is 32.1. The van der Waals surface area contributed by atoms with Crippen LogP contribution < -0.4 is 10.9 Å². The molecule has 0 aliphatic heterocycles. The van der Waals surface area contributed by atoms with E-state index in [-0.39, 0.29) is 5.56 Å². The lowest BCUT2D eigenvalue weighted by molar-refractivity contribution is 1.03. The summed E-state index contributed by atoms with van der Waals surface area (Å²) in [7, 11) is 0. The SMILES string of the molecule is Cc1nc(Nc2nc3ccccc3s2)[nH]c(=O)c1C. The summed E-state index contributed by atoms with van der Waals surface area (Å²) in [5, 5.41) is 3.76. The molecule has 0 fully saturated rings. The maximum Gasteiger partial charge on any atom is 0.255 e. The van der Waals surface area contributed by atoms with Gasteiger partial charge in [0.05, 0.1) is 10.2 Å². The first kappa shape index (κ1) is 11.9. The van der Waals surface area contributed by atoms with E-state index in [2.05, 4.69) is 20.3 Å². The topological polar surface area (TPSA) is 70.7 Å². The number of nitrogens with one attached hydrogen (secondary N) is 2. The molecule has 0 aliphatic rings. The smallest absolute Gasteiger partial charge is 0.255 e. The standard InChI is InChI=1S/C13H12N4OS/c1-7-8(2)14-12(16-11(7)18)17-13-15-9-5-3-4-6-10(9)19-13/h3-6H,1-2H3,(H2,14,15,16,17,18). The van der Waals surface area contributed by atoms with E-state index in [1.54, 1.807) is 6.92 Å². The maximum atomic E-state index is 11.7. The molecular weight excluding hydrogens is 260 g/mol. The molecule has 1 aromatic carbocycles. The molecule has 0 unspecified atom stereocenters. The van der Waals surface area contributed by atoms with Crippen molar-refractivity contribution in [3.05, 3.63) is 45.9 Å². The Kier molecular flexibility index (Phi) is 2.79. The number of anilines is 2. The lowest BCUT2D eigenvalue weighted by Crippen LogP contribution is -2.15. The third-order valence-electron chi connectivity index (χ3n) is 2.91.